The van der Waals surface area contributed by atoms with Crippen LogP contribution in [0.15, 0.2) is 24.3 Å². The van der Waals surface area contributed by atoms with Crippen LogP contribution in [0.3, 0.4) is 0 Å². The molecule has 0 bridgehead atoms. The van der Waals surface area contributed by atoms with E-state index in [0.717, 1.165) is 18.5 Å². The quantitative estimate of drug-likeness (QED) is 0.803. The Balaban J connectivity index is 2.79. The number of benzene rings is 1. The fraction of sp³-hybridized carbons (Fsp3) is 0.467. The summed E-state index contributed by atoms with van der Waals surface area (Å²) in [4.78, 5) is 25.5. The van der Waals surface area contributed by atoms with Crippen molar-refractivity contribution in [1.29, 1.82) is 0 Å². The molecule has 1 rings (SSSR count). The predicted octanol–water partition coefficient (Wildman–Crippen LogP) is 0.655. The molecular weight excluding hydrogens is 254 g/mol. The van der Waals surface area contributed by atoms with E-state index in [1.54, 1.807) is 27.1 Å². The Morgan fingerprint density at radius 1 is 1.25 bits per heavy atom. The number of amides is 2. The number of carbonyl (C=O) groups excluding carboxylic acids is 2. The molecule has 1 unspecified atom stereocenters. The van der Waals surface area contributed by atoms with Gasteiger partial charge < -0.3 is 15.5 Å². The number of likely N-dealkylation sites (N-methyl/N-ethyl adjacent to an activating group) is 2. The molecular formula is C15H23N3O2. The SMILES string of the molecule is CNCCc1ccccc1C(=O)NC(C)C(=O)N(C)C. The van der Waals surface area contributed by atoms with Crippen LogP contribution in [0.2, 0.25) is 0 Å². The van der Waals surface area contributed by atoms with Crippen molar-refractivity contribution >= 4 is 11.8 Å². The Kier molecular flexibility index (Phi) is 6.18. The second-order valence-corrected chi connectivity index (χ2v) is 4.94. The van der Waals surface area contributed by atoms with Gasteiger partial charge in [0.05, 0.1) is 0 Å². The second kappa shape index (κ2) is 7.65. The lowest BCUT2D eigenvalue weighted by Gasteiger charge is -2.18. The van der Waals surface area contributed by atoms with Crippen molar-refractivity contribution in [2.45, 2.75) is 19.4 Å². The van der Waals surface area contributed by atoms with Crippen molar-refractivity contribution in [2.24, 2.45) is 0 Å². The lowest BCUT2D eigenvalue weighted by Crippen LogP contribution is -2.44. The summed E-state index contributed by atoms with van der Waals surface area (Å²) in [7, 11) is 5.22. The minimum Gasteiger partial charge on any atom is -0.347 e. The summed E-state index contributed by atoms with van der Waals surface area (Å²) in [5.41, 5.74) is 1.60. The molecule has 0 aliphatic rings. The summed E-state index contributed by atoms with van der Waals surface area (Å²) in [5, 5.41) is 5.81. The van der Waals surface area contributed by atoms with Gasteiger partial charge >= 0.3 is 0 Å². The molecule has 0 fully saturated rings. The third-order valence-electron chi connectivity index (χ3n) is 3.07. The highest BCUT2D eigenvalue weighted by molar-refractivity contribution is 5.98. The Labute approximate surface area is 120 Å². The summed E-state index contributed by atoms with van der Waals surface area (Å²) in [6, 6.07) is 6.93. The lowest BCUT2D eigenvalue weighted by atomic mass is 10.0. The molecule has 2 N–H and O–H groups in total. The van der Waals surface area contributed by atoms with Gasteiger partial charge in [0.15, 0.2) is 0 Å². The minimum atomic E-state index is -0.533. The number of hydrogen-bond acceptors (Lipinski definition) is 3. The van der Waals surface area contributed by atoms with E-state index in [4.69, 9.17) is 0 Å². The standard InChI is InChI=1S/C15H23N3O2/c1-11(15(20)18(3)4)17-14(19)13-8-6-5-7-12(13)9-10-16-2/h5-8,11,16H,9-10H2,1-4H3,(H,17,19). The average Bonchev–Trinajstić information content (AvgIpc) is 2.44. The molecule has 0 aliphatic heterocycles. The van der Waals surface area contributed by atoms with Gasteiger partial charge in [-0.3, -0.25) is 9.59 Å². The zero-order valence-electron chi connectivity index (χ0n) is 12.6. The first kappa shape index (κ1) is 16.2. The average molecular weight is 277 g/mol. The van der Waals surface area contributed by atoms with E-state index in [-0.39, 0.29) is 11.8 Å². The highest BCUT2D eigenvalue weighted by Gasteiger charge is 2.19. The van der Waals surface area contributed by atoms with Crippen molar-refractivity contribution < 1.29 is 9.59 Å². The molecule has 1 atom stereocenters. The summed E-state index contributed by atoms with van der Waals surface area (Å²) in [6.07, 6.45) is 0.774. The van der Waals surface area contributed by atoms with E-state index in [1.165, 1.54) is 4.90 Å². The predicted molar refractivity (Wildman–Crippen MR) is 79.7 cm³/mol. The Hall–Kier alpha value is -1.88. The molecule has 0 aromatic heterocycles. The highest BCUT2D eigenvalue weighted by Crippen LogP contribution is 2.09. The van der Waals surface area contributed by atoms with Crippen LogP contribution in [0, 0.1) is 0 Å². The first-order chi connectivity index (χ1) is 9.47. The van der Waals surface area contributed by atoms with Gasteiger partial charge in [0.1, 0.15) is 6.04 Å². The van der Waals surface area contributed by atoms with Gasteiger partial charge in [0.2, 0.25) is 5.91 Å². The van der Waals surface area contributed by atoms with Gasteiger partial charge in [-0.1, -0.05) is 18.2 Å². The maximum absolute atomic E-state index is 12.3. The maximum Gasteiger partial charge on any atom is 0.252 e. The molecule has 5 heteroatoms. The number of carbonyl (C=O) groups is 2. The van der Waals surface area contributed by atoms with Gasteiger partial charge in [-0.25, -0.2) is 0 Å². The highest BCUT2D eigenvalue weighted by atomic mass is 16.2. The maximum atomic E-state index is 12.3. The molecule has 0 spiro atoms. The van der Waals surface area contributed by atoms with Gasteiger partial charge in [0.25, 0.3) is 5.91 Å². The van der Waals surface area contributed by atoms with Gasteiger partial charge in [-0.2, -0.15) is 0 Å². The number of rotatable bonds is 6. The zero-order valence-corrected chi connectivity index (χ0v) is 12.6. The molecule has 0 saturated carbocycles. The smallest absolute Gasteiger partial charge is 0.252 e. The molecule has 110 valence electrons. The van der Waals surface area contributed by atoms with Crippen molar-refractivity contribution in [1.82, 2.24) is 15.5 Å². The minimum absolute atomic E-state index is 0.119. The number of nitrogens with one attached hydrogen (secondary N) is 2. The third kappa shape index (κ3) is 4.35. The van der Waals surface area contributed by atoms with Crippen LogP contribution < -0.4 is 10.6 Å². The van der Waals surface area contributed by atoms with Crippen LogP contribution in [0.4, 0.5) is 0 Å². The van der Waals surface area contributed by atoms with Crippen LogP contribution in [-0.2, 0) is 11.2 Å². The summed E-state index contributed by atoms with van der Waals surface area (Å²) in [5.74, 6) is -0.328. The molecule has 1 aromatic rings. The van der Waals surface area contributed by atoms with Gasteiger partial charge in [-0.15, -0.1) is 0 Å². The first-order valence-electron chi connectivity index (χ1n) is 6.72. The van der Waals surface area contributed by atoms with Gasteiger partial charge in [0, 0.05) is 19.7 Å². The van der Waals surface area contributed by atoms with Crippen molar-refractivity contribution in [2.75, 3.05) is 27.7 Å². The van der Waals surface area contributed by atoms with Crippen LogP contribution in [-0.4, -0.2) is 50.4 Å². The third-order valence-corrected chi connectivity index (χ3v) is 3.07. The molecule has 2 amide bonds. The monoisotopic (exact) mass is 277 g/mol. The molecule has 20 heavy (non-hydrogen) atoms. The summed E-state index contributed by atoms with van der Waals surface area (Å²) >= 11 is 0. The van der Waals surface area contributed by atoms with Crippen LogP contribution in [0.1, 0.15) is 22.8 Å². The molecule has 5 nitrogen and oxygen atoms in total. The second-order valence-electron chi connectivity index (χ2n) is 4.94. The van der Waals surface area contributed by atoms with Crippen molar-refractivity contribution in [3.63, 3.8) is 0 Å². The van der Waals surface area contributed by atoms with E-state index in [0.29, 0.717) is 5.56 Å². The largest absolute Gasteiger partial charge is 0.347 e. The van der Waals surface area contributed by atoms with E-state index < -0.39 is 6.04 Å². The Bertz CT molecular complexity index is 472. The van der Waals surface area contributed by atoms with E-state index in [1.807, 2.05) is 25.2 Å². The normalized spacial score (nSPS) is 11.8. The Morgan fingerprint density at radius 2 is 1.90 bits per heavy atom. The van der Waals surface area contributed by atoms with Gasteiger partial charge in [-0.05, 0) is 38.6 Å². The zero-order chi connectivity index (χ0) is 15.1. The molecule has 0 saturated heterocycles. The molecule has 0 aliphatic carbocycles. The molecule has 0 radical (unpaired) electrons. The fourth-order valence-corrected chi connectivity index (χ4v) is 1.94. The number of hydrogen-bond donors (Lipinski definition) is 2. The van der Waals surface area contributed by atoms with Crippen molar-refractivity contribution in [3.8, 4) is 0 Å². The van der Waals surface area contributed by atoms with Crippen LogP contribution in [0.5, 0.6) is 0 Å². The molecule has 1 aromatic carbocycles. The van der Waals surface area contributed by atoms with E-state index in [9.17, 15) is 9.59 Å². The fourth-order valence-electron chi connectivity index (χ4n) is 1.94. The first-order valence-corrected chi connectivity index (χ1v) is 6.72. The van der Waals surface area contributed by atoms with Crippen molar-refractivity contribution in [3.05, 3.63) is 35.4 Å². The van der Waals surface area contributed by atoms with Crippen LogP contribution >= 0.6 is 0 Å². The van der Waals surface area contributed by atoms with Crippen LogP contribution in [0.25, 0.3) is 0 Å². The van der Waals surface area contributed by atoms with E-state index in [2.05, 4.69) is 10.6 Å². The lowest BCUT2D eigenvalue weighted by molar-refractivity contribution is -0.130. The summed E-state index contributed by atoms with van der Waals surface area (Å²) in [6.45, 7) is 2.49. The number of nitrogens with zero attached hydrogens (tertiary/aromatic N) is 1. The molecule has 0 heterocycles. The van der Waals surface area contributed by atoms with E-state index >= 15 is 0 Å². The summed E-state index contributed by atoms with van der Waals surface area (Å²) < 4.78 is 0. The topological polar surface area (TPSA) is 61.4 Å². The Morgan fingerprint density at radius 3 is 2.50 bits per heavy atom.